The van der Waals surface area contributed by atoms with Crippen molar-refractivity contribution in [2.75, 3.05) is 5.32 Å². The summed E-state index contributed by atoms with van der Waals surface area (Å²) in [4.78, 5) is 12.0. The molecule has 0 aliphatic heterocycles. The van der Waals surface area contributed by atoms with Gasteiger partial charge in [-0.15, -0.1) is 0 Å². The van der Waals surface area contributed by atoms with Crippen molar-refractivity contribution in [3.05, 3.63) is 54.1 Å². The largest absolute Gasteiger partial charge is 0.508 e. The number of hydrogen-bond donors (Lipinski definition) is 2. The predicted octanol–water partition coefficient (Wildman–Crippen LogP) is 3.11. The number of amides is 1. The van der Waals surface area contributed by atoms with E-state index in [1.807, 2.05) is 31.2 Å². The van der Waals surface area contributed by atoms with Crippen molar-refractivity contribution in [2.24, 2.45) is 0 Å². The highest BCUT2D eigenvalue weighted by atomic mass is 16.5. The number of hydrogen-bond acceptors (Lipinski definition) is 3. The molecule has 20 heavy (non-hydrogen) atoms. The van der Waals surface area contributed by atoms with Crippen molar-refractivity contribution in [2.45, 2.75) is 20.0 Å². The summed E-state index contributed by atoms with van der Waals surface area (Å²) in [6, 6.07) is 13.9. The van der Waals surface area contributed by atoms with Gasteiger partial charge >= 0.3 is 0 Å². The van der Waals surface area contributed by atoms with Gasteiger partial charge in [0.2, 0.25) is 0 Å². The van der Waals surface area contributed by atoms with Gasteiger partial charge < -0.3 is 15.2 Å². The third kappa shape index (κ3) is 3.75. The minimum Gasteiger partial charge on any atom is -0.508 e. The van der Waals surface area contributed by atoms with Crippen LogP contribution in [0.15, 0.2) is 48.5 Å². The Balaban J connectivity index is 1.96. The molecule has 2 N–H and O–H groups in total. The lowest BCUT2D eigenvalue weighted by Gasteiger charge is -2.15. The third-order valence-electron chi connectivity index (χ3n) is 2.82. The molecule has 1 unspecified atom stereocenters. The third-order valence-corrected chi connectivity index (χ3v) is 2.82. The van der Waals surface area contributed by atoms with Gasteiger partial charge in [-0.2, -0.15) is 0 Å². The fraction of sp³-hybridized carbons (Fsp3) is 0.188. The quantitative estimate of drug-likeness (QED) is 0.898. The summed E-state index contributed by atoms with van der Waals surface area (Å²) in [7, 11) is 0. The molecule has 2 aromatic rings. The lowest BCUT2D eigenvalue weighted by atomic mass is 10.2. The Morgan fingerprint density at radius 1 is 1.20 bits per heavy atom. The maximum Gasteiger partial charge on any atom is 0.265 e. The van der Waals surface area contributed by atoms with Crippen LogP contribution in [-0.2, 0) is 4.79 Å². The fourth-order valence-electron chi connectivity index (χ4n) is 1.70. The topological polar surface area (TPSA) is 58.6 Å². The van der Waals surface area contributed by atoms with Crippen LogP contribution in [0.2, 0.25) is 0 Å². The Labute approximate surface area is 118 Å². The van der Waals surface area contributed by atoms with Crippen molar-refractivity contribution < 1.29 is 14.6 Å². The van der Waals surface area contributed by atoms with E-state index in [-0.39, 0.29) is 11.7 Å². The number of aromatic hydroxyl groups is 1. The fourth-order valence-corrected chi connectivity index (χ4v) is 1.70. The van der Waals surface area contributed by atoms with Gasteiger partial charge in [0.25, 0.3) is 5.91 Å². The molecule has 4 heteroatoms. The molecule has 4 nitrogen and oxygen atoms in total. The number of benzene rings is 2. The highest BCUT2D eigenvalue weighted by Crippen LogP contribution is 2.17. The summed E-state index contributed by atoms with van der Waals surface area (Å²) in [5, 5.41) is 12.0. The van der Waals surface area contributed by atoms with Crippen LogP contribution in [0.3, 0.4) is 0 Å². The van der Waals surface area contributed by atoms with Gasteiger partial charge in [0, 0.05) is 11.8 Å². The first-order valence-corrected chi connectivity index (χ1v) is 6.38. The number of aryl methyl sites for hydroxylation is 1. The van der Waals surface area contributed by atoms with Crippen molar-refractivity contribution in [3.8, 4) is 11.5 Å². The maximum atomic E-state index is 12.0. The number of phenols is 1. The summed E-state index contributed by atoms with van der Waals surface area (Å²) in [6.45, 7) is 3.67. The van der Waals surface area contributed by atoms with E-state index in [0.29, 0.717) is 11.4 Å². The number of phenolic OH excluding ortho intramolecular Hbond substituents is 1. The molecule has 0 fully saturated rings. The van der Waals surface area contributed by atoms with Crippen LogP contribution in [0.25, 0.3) is 0 Å². The Bertz CT molecular complexity index is 593. The van der Waals surface area contributed by atoms with Crippen LogP contribution >= 0.6 is 0 Å². The molecule has 1 atom stereocenters. The summed E-state index contributed by atoms with van der Waals surface area (Å²) >= 11 is 0. The number of anilines is 1. The van der Waals surface area contributed by atoms with E-state index >= 15 is 0 Å². The van der Waals surface area contributed by atoms with Crippen molar-refractivity contribution in [3.63, 3.8) is 0 Å². The van der Waals surface area contributed by atoms with E-state index in [9.17, 15) is 9.90 Å². The highest BCUT2D eigenvalue weighted by molar-refractivity contribution is 5.94. The van der Waals surface area contributed by atoms with E-state index in [1.165, 1.54) is 6.07 Å². The van der Waals surface area contributed by atoms with Gasteiger partial charge in [-0.3, -0.25) is 4.79 Å². The van der Waals surface area contributed by atoms with E-state index in [0.717, 1.165) is 5.56 Å². The average Bonchev–Trinajstić information content (AvgIpc) is 2.41. The molecule has 2 aromatic carbocycles. The van der Waals surface area contributed by atoms with Crippen molar-refractivity contribution >= 4 is 11.6 Å². The number of nitrogens with one attached hydrogen (secondary N) is 1. The second-order valence-electron chi connectivity index (χ2n) is 4.61. The zero-order valence-electron chi connectivity index (χ0n) is 11.5. The monoisotopic (exact) mass is 271 g/mol. The molecule has 0 aromatic heterocycles. The van der Waals surface area contributed by atoms with Crippen LogP contribution in [0.4, 0.5) is 5.69 Å². The Kier molecular flexibility index (Phi) is 4.25. The second-order valence-corrected chi connectivity index (χ2v) is 4.61. The standard InChI is InChI=1S/C16H17NO3/c1-11-6-8-15(9-7-11)20-12(2)16(19)17-13-4-3-5-14(18)10-13/h3-10,12,18H,1-2H3,(H,17,19). The molecule has 104 valence electrons. The van der Waals surface area contributed by atoms with Gasteiger partial charge in [-0.25, -0.2) is 0 Å². The number of ether oxygens (including phenoxy) is 1. The van der Waals surface area contributed by atoms with E-state index < -0.39 is 6.10 Å². The predicted molar refractivity (Wildman–Crippen MR) is 78.0 cm³/mol. The summed E-state index contributed by atoms with van der Waals surface area (Å²) < 4.78 is 5.56. The molecule has 0 heterocycles. The molecular formula is C16H17NO3. The van der Waals surface area contributed by atoms with Crippen LogP contribution in [0.5, 0.6) is 11.5 Å². The SMILES string of the molecule is Cc1ccc(OC(C)C(=O)Nc2cccc(O)c2)cc1. The van der Waals surface area contributed by atoms with Crippen molar-refractivity contribution in [1.82, 2.24) is 0 Å². The molecule has 0 aliphatic carbocycles. The van der Waals surface area contributed by atoms with Crippen LogP contribution in [-0.4, -0.2) is 17.1 Å². The van der Waals surface area contributed by atoms with Gasteiger partial charge in [-0.1, -0.05) is 23.8 Å². The first kappa shape index (κ1) is 13.9. The smallest absolute Gasteiger partial charge is 0.265 e. The van der Waals surface area contributed by atoms with Crippen LogP contribution in [0, 0.1) is 6.92 Å². The molecule has 0 spiro atoms. The van der Waals surface area contributed by atoms with Crippen LogP contribution < -0.4 is 10.1 Å². The normalized spacial score (nSPS) is 11.7. The minimum absolute atomic E-state index is 0.106. The van der Waals surface area contributed by atoms with Crippen LogP contribution in [0.1, 0.15) is 12.5 Å². The maximum absolute atomic E-state index is 12.0. The van der Waals surface area contributed by atoms with Gasteiger partial charge in [0.1, 0.15) is 11.5 Å². The summed E-state index contributed by atoms with van der Waals surface area (Å²) in [6.07, 6.45) is -0.625. The zero-order valence-corrected chi connectivity index (χ0v) is 11.5. The first-order chi connectivity index (χ1) is 9.54. The van der Waals surface area contributed by atoms with E-state index in [1.54, 1.807) is 25.1 Å². The Hall–Kier alpha value is -2.49. The van der Waals surface area contributed by atoms with Gasteiger partial charge in [0.15, 0.2) is 6.10 Å². The lowest BCUT2D eigenvalue weighted by molar-refractivity contribution is -0.122. The summed E-state index contributed by atoms with van der Waals surface area (Å²) in [5.74, 6) is 0.486. The molecule has 2 rings (SSSR count). The summed E-state index contributed by atoms with van der Waals surface area (Å²) in [5.41, 5.74) is 1.67. The zero-order chi connectivity index (χ0) is 14.5. The number of rotatable bonds is 4. The van der Waals surface area contributed by atoms with Gasteiger partial charge in [-0.05, 0) is 38.1 Å². The molecule has 0 aliphatic rings. The molecular weight excluding hydrogens is 254 g/mol. The minimum atomic E-state index is -0.625. The number of carbonyl (C=O) groups is 1. The Morgan fingerprint density at radius 2 is 1.90 bits per heavy atom. The van der Waals surface area contributed by atoms with E-state index in [2.05, 4.69) is 5.32 Å². The van der Waals surface area contributed by atoms with Gasteiger partial charge in [0.05, 0.1) is 0 Å². The molecule has 0 radical (unpaired) electrons. The Morgan fingerprint density at radius 3 is 2.55 bits per heavy atom. The van der Waals surface area contributed by atoms with Crippen molar-refractivity contribution in [1.29, 1.82) is 0 Å². The number of carbonyl (C=O) groups excluding carboxylic acids is 1. The van der Waals surface area contributed by atoms with E-state index in [4.69, 9.17) is 4.74 Å². The second kappa shape index (κ2) is 6.10. The molecule has 0 bridgehead atoms. The highest BCUT2D eigenvalue weighted by Gasteiger charge is 2.14. The molecule has 1 amide bonds. The molecule has 0 saturated carbocycles. The average molecular weight is 271 g/mol. The first-order valence-electron chi connectivity index (χ1n) is 6.38. The molecule has 0 saturated heterocycles. The lowest BCUT2D eigenvalue weighted by Crippen LogP contribution is -2.30.